The highest BCUT2D eigenvalue weighted by atomic mass is 32.2. The van der Waals surface area contributed by atoms with Gasteiger partial charge in [0.25, 0.3) is 0 Å². The van der Waals surface area contributed by atoms with E-state index >= 15 is 0 Å². The van der Waals surface area contributed by atoms with Crippen molar-refractivity contribution in [2.75, 3.05) is 37.7 Å². The first-order valence-electron chi connectivity index (χ1n) is 7.01. The average molecular weight is 282 g/mol. The molecule has 0 aromatic rings. The third-order valence-corrected chi connectivity index (χ3v) is 4.01. The van der Waals surface area contributed by atoms with Gasteiger partial charge in [0.15, 0.2) is 0 Å². The van der Waals surface area contributed by atoms with E-state index in [2.05, 4.69) is 47.8 Å². The van der Waals surface area contributed by atoms with Crippen LogP contribution in [0.1, 0.15) is 19.8 Å². The van der Waals surface area contributed by atoms with E-state index in [-0.39, 0.29) is 12.0 Å². The molecule has 1 unspecified atom stereocenters. The molecule has 1 aliphatic carbocycles. The Bertz CT molecular complexity index is 315. The van der Waals surface area contributed by atoms with Gasteiger partial charge >= 0.3 is 0 Å². The summed E-state index contributed by atoms with van der Waals surface area (Å²) in [5.74, 6) is 1.97. The molecule has 3 nitrogen and oxygen atoms in total. The summed E-state index contributed by atoms with van der Waals surface area (Å²) in [6.07, 6.45) is 12.9. The van der Waals surface area contributed by atoms with Gasteiger partial charge in [0.05, 0.1) is 13.2 Å². The summed E-state index contributed by atoms with van der Waals surface area (Å²) in [5, 5.41) is 12.0. The molecule has 0 aromatic heterocycles. The zero-order valence-electron chi connectivity index (χ0n) is 11.8. The smallest absolute Gasteiger partial charge is 0.0521 e. The third kappa shape index (κ3) is 8.24. The zero-order valence-corrected chi connectivity index (χ0v) is 12.7. The second-order valence-electron chi connectivity index (χ2n) is 4.97. The van der Waals surface area contributed by atoms with Crippen LogP contribution >= 0.6 is 11.8 Å². The lowest BCUT2D eigenvalue weighted by Gasteiger charge is -2.20. The van der Waals surface area contributed by atoms with Crippen molar-refractivity contribution in [1.82, 2.24) is 5.32 Å². The Labute approximate surface area is 121 Å². The average Bonchev–Trinajstić information content (AvgIpc) is 2.42. The number of hydrogen-bond donors (Lipinski definition) is 2. The van der Waals surface area contributed by atoms with E-state index in [1.807, 2.05) is 0 Å². The van der Waals surface area contributed by atoms with Crippen LogP contribution in [0.4, 0.5) is 0 Å². The van der Waals surface area contributed by atoms with Crippen LogP contribution in [0.2, 0.25) is 0 Å². The molecular formula is C15H26N2OS. The summed E-state index contributed by atoms with van der Waals surface area (Å²) >= 11 is 1.81. The Morgan fingerprint density at radius 2 is 2.26 bits per heavy atom. The van der Waals surface area contributed by atoms with Crippen molar-refractivity contribution in [3.05, 3.63) is 24.3 Å². The van der Waals surface area contributed by atoms with E-state index in [0.29, 0.717) is 0 Å². The van der Waals surface area contributed by atoms with Crippen molar-refractivity contribution in [3.63, 3.8) is 0 Å². The fourth-order valence-electron chi connectivity index (χ4n) is 1.85. The number of aliphatic hydroxyl groups excluding tert-OH is 1. The summed E-state index contributed by atoms with van der Waals surface area (Å²) in [4.78, 5) is 4.50. The molecule has 0 aromatic carbocycles. The van der Waals surface area contributed by atoms with E-state index in [1.54, 1.807) is 11.8 Å². The lowest BCUT2D eigenvalue weighted by Crippen LogP contribution is -2.21. The van der Waals surface area contributed by atoms with Crippen molar-refractivity contribution in [3.8, 4) is 0 Å². The predicted octanol–water partition coefficient (Wildman–Crippen LogP) is 2.28. The summed E-state index contributed by atoms with van der Waals surface area (Å²) in [6.45, 7) is 5.32. The summed E-state index contributed by atoms with van der Waals surface area (Å²) in [7, 11) is 0. The highest BCUT2D eigenvalue weighted by Gasteiger charge is 2.17. The Morgan fingerprint density at radius 1 is 1.37 bits per heavy atom. The van der Waals surface area contributed by atoms with Gasteiger partial charge in [-0.15, -0.1) is 0 Å². The SMILES string of the molecule is CC1(C=NCCNCCCSCCO)C=CC=CC1. The van der Waals surface area contributed by atoms with Crippen LogP contribution < -0.4 is 5.32 Å². The zero-order chi connectivity index (χ0) is 13.8. The molecule has 1 aliphatic rings. The predicted molar refractivity (Wildman–Crippen MR) is 86.3 cm³/mol. The number of rotatable bonds is 10. The molecule has 0 aliphatic heterocycles. The van der Waals surface area contributed by atoms with Gasteiger partial charge < -0.3 is 10.4 Å². The molecule has 0 saturated heterocycles. The number of hydrogen-bond acceptors (Lipinski definition) is 4. The van der Waals surface area contributed by atoms with Crippen molar-refractivity contribution in [1.29, 1.82) is 0 Å². The Balaban J connectivity index is 1.96. The molecule has 0 amide bonds. The molecule has 1 rings (SSSR count). The molecular weight excluding hydrogens is 256 g/mol. The first-order valence-corrected chi connectivity index (χ1v) is 8.17. The standard InChI is InChI=1S/C15H26N2OS/c1-15(6-3-2-4-7-15)14-17-10-9-16-8-5-12-19-13-11-18/h2-4,6,14,16,18H,5,7-13H2,1H3. The molecule has 0 radical (unpaired) electrons. The molecule has 2 N–H and O–H groups in total. The van der Waals surface area contributed by atoms with Crippen molar-refractivity contribution < 1.29 is 5.11 Å². The van der Waals surface area contributed by atoms with Gasteiger partial charge in [-0.05, 0) is 25.1 Å². The minimum atomic E-state index is 0.107. The first kappa shape index (κ1) is 16.5. The maximum atomic E-state index is 8.63. The van der Waals surface area contributed by atoms with Gasteiger partial charge in [-0.1, -0.05) is 31.2 Å². The van der Waals surface area contributed by atoms with Crippen LogP contribution in [0.5, 0.6) is 0 Å². The van der Waals surface area contributed by atoms with Gasteiger partial charge in [-0.2, -0.15) is 11.8 Å². The molecule has 19 heavy (non-hydrogen) atoms. The molecule has 0 saturated carbocycles. The minimum absolute atomic E-state index is 0.107. The lowest BCUT2D eigenvalue weighted by molar-refractivity contribution is 0.322. The van der Waals surface area contributed by atoms with Gasteiger partial charge in [-0.25, -0.2) is 0 Å². The highest BCUT2D eigenvalue weighted by Crippen LogP contribution is 2.24. The van der Waals surface area contributed by atoms with E-state index in [4.69, 9.17) is 5.11 Å². The number of thioether (sulfide) groups is 1. The minimum Gasteiger partial charge on any atom is -0.396 e. The second kappa shape index (κ2) is 10.2. The normalized spacial score (nSPS) is 22.4. The summed E-state index contributed by atoms with van der Waals surface area (Å²) in [6, 6.07) is 0. The van der Waals surface area contributed by atoms with Crippen LogP contribution in [0, 0.1) is 5.41 Å². The number of nitrogens with one attached hydrogen (secondary N) is 1. The van der Waals surface area contributed by atoms with Crippen LogP contribution in [-0.4, -0.2) is 49.1 Å². The topological polar surface area (TPSA) is 44.6 Å². The van der Waals surface area contributed by atoms with E-state index < -0.39 is 0 Å². The van der Waals surface area contributed by atoms with E-state index in [9.17, 15) is 0 Å². The van der Waals surface area contributed by atoms with Gasteiger partial charge in [0, 0.05) is 23.9 Å². The second-order valence-corrected chi connectivity index (χ2v) is 6.20. The quantitative estimate of drug-likeness (QED) is 0.477. The van der Waals surface area contributed by atoms with Crippen LogP contribution in [0.3, 0.4) is 0 Å². The molecule has 0 heterocycles. The van der Waals surface area contributed by atoms with Gasteiger partial charge in [0.2, 0.25) is 0 Å². The molecule has 0 spiro atoms. The largest absolute Gasteiger partial charge is 0.396 e. The van der Waals surface area contributed by atoms with Crippen LogP contribution in [0.25, 0.3) is 0 Å². The Morgan fingerprint density at radius 3 is 3.00 bits per heavy atom. The Hall–Kier alpha value is -0.580. The van der Waals surface area contributed by atoms with Gasteiger partial charge in [0.1, 0.15) is 0 Å². The maximum absolute atomic E-state index is 8.63. The van der Waals surface area contributed by atoms with Crippen LogP contribution in [-0.2, 0) is 0 Å². The monoisotopic (exact) mass is 282 g/mol. The molecule has 4 heteroatoms. The number of aliphatic hydroxyl groups is 1. The third-order valence-electron chi connectivity index (χ3n) is 2.96. The summed E-state index contributed by atoms with van der Waals surface area (Å²) in [5.41, 5.74) is 0.107. The van der Waals surface area contributed by atoms with E-state index in [1.165, 1.54) is 0 Å². The molecule has 0 fully saturated rings. The summed E-state index contributed by atoms with van der Waals surface area (Å²) < 4.78 is 0. The highest BCUT2D eigenvalue weighted by molar-refractivity contribution is 7.99. The number of aliphatic imine (C=N–C) groups is 1. The number of allylic oxidation sites excluding steroid dienone is 4. The fraction of sp³-hybridized carbons (Fsp3) is 0.667. The van der Waals surface area contributed by atoms with Crippen molar-refractivity contribution in [2.45, 2.75) is 19.8 Å². The molecule has 108 valence electrons. The maximum Gasteiger partial charge on any atom is 0.0521 e. The lowest BCUT2D eigenvalue weighted by atomic mass is 9.85. The Kier molecular flexibility index (Phi) is 8.88. The van der Waals surface area contributed by atoms with Crippen molar-refractivity contribution in [2.24, 2.45) is 10.4 Å². The van der Waals surface area contributed by atoms with Crippen LogP contribution in [0.15, 0.2) is 29.3 Å². The molecule has 0 bridgehead atoms. The fourth-order valence-corrected chi connectivity index (χ4v) is 2.53. The first-order chi connectivity index (χ1) is 9.27. The number of nitrogens with zero attached hydrogens (tertiary/aromatic N) is 1. The van der Waals surface area contributed by atoms with Crippen molar-refractivity contribution >= 4 is 18.0 Å². The van der Waals surface area contributed by atoms with E-state index in [0.717, 1.165) is 44.0 Å². The molecule has 1 atom stereocenters. The van der Waals surface area contributed by atoms with Gasteiger partial charge in [-0.3, -0.25) is 4.99 Å².